The van der Waals surface area contributed by atoms with Crippen LogP contribution in [0.25, 0.3) is 10.8 Å². The number of rotatable bonds is 2. The maximum absolute atomic E-state index is 3.57. The van der Waals surface area contributed by atoms with Gasteiger partial charge in [-0.3, -0.25) is 4.90 Å². The molecule has 0 amide bonds. The summed E-state index contributed by atoms with van der Waals surface area (Å²) in [6.45, 7) is 8.93. The zero-order valence-electron chi connectivity index (χ0n) is 11.8. The topological polar surface area (TPSA) is 15.3 Å². The molecule has 0 aliphatic carbocycles. The lowest BCUT2D eigenvalue weighted by Crippen LogP contribution is -2.56. The number of nitrogens with zero attached hydrogens (tertiary/aromatic N) is 1. The normalized spacial score (nSPS) is 19.7. The van der Waals surface area contributed by atoms with Gasteiger partial charge in [-0.25, -0.2) is 0 Å². The summed E-state index contributed by atoms with van der Waals surface area (Å²) in [4.78, 5) is 2.55. The van der Waals surface area contributed by atoms with Crippen molar-refractivity contribution in [1.29, 1.82) is 0 Å². The molecule has 3 rings (SSSR count). The standard InChI is InChI=1S/C17H22N2/c1-17(2)13-19(11-10-18-17)12-15-8-5-7-14-6-3-4-9-16(14)15/h3-9,18H,10-13H2,1-2H3. The zero-order valence-corrected chi connectivity index (χ0v) is 11.8. The van der Waals surface area contributed by atoms with E-state index in [0.29, 0.717) is 0 Å². The molecule has 0 unspecified atom stereocenters. The maximum Gasteiger partial charge on any atom is 0.0252 e. The lowest BCUT2D eigenvalue weighted by atomic mass is 10.00. The van der Waals surface area contributed by atoms with E-state index in [4.69, 9.17) is 0 Å². The van der Waals surface area contributed by atoms with Crippen molar-refractivity contribution in [3.8, 4) is 0 Å². The van der Waals surface area contributed by atoms with Crippen LogP contribution in [0.2, 0.25) is 0 Å². The van der Waals surface area contributed by atoms with Crippen LogP contribution in [0, 0.1) is 0 Å². The number of nitrogens with one attached hydrogen (secondary N) is 1. The number of fused-ring (bicyclic) bond motifs is 1. The van der Waals surface area contributed by atoms with Gasteiger partial charge in [0.15, 0.2) is 0 Å². The molecular weight excluding hydrogens is 232 g/mol. The SMILES string of the molecule is CC1(C)CN(Cc2cccc3ccccc23)CCN1. The van der Waals surface area contributed by atoms with Crippen molar-refractivity contribution in [2.24, 2.45) is 0 Å². The van der Waals surface area contributed by atoms with Crippen LogP contribution in [-0.4, -0.2) is 30.1 Å². The van der Waals surface area contributed by atoms with Crippen LogP contribution in [0.5, 0.6) is 0 Å². The van der Waals surface area contributed by atoms with Gasteiger partial charge in [0.1, 0.15) is 0 Å². The van der Waals surface area contributed by atoms with Gasteiger partial charge in [-0.05, 0) is 30.2 Å². The molecule has 0 saturated carbocycles. The van der Waals surface area contributed by atoms with Crippen LogP contribution in [0.3, 0.4) is 0 Å². The van der Waals surface area contributed by atoms with Gasteiger partial charge in [0.25, 0.3) is 0 Å². The van der Waals surface area contributed by atoms with E-state index in [0.717, 1.165) is 26.2 Å². The van der Waals surface area contributed by atoms with Crippen molar-refractivity contribution < 1.29 is 0 Å². The molecule has 2 aromatic rings. The average Bonchev–Trinajstić information content (AvgIpc) is 2.38. The predicted molar refractivity (Wildman–Crippen MR) is 81.3 cm³/mol. The van der Waals surface area contributed by atoms with Gasteiger partial charge in [-0.2, -0.15) is 0 Å². The summed E-state index contributed by atoms with van der Waals surface area (Å²) in [5.41, 5.74) is 1.67. The first-order valence-electron chi connectivity index (χ1n) is 7.08. The van der Waals surface area contributed by atoms with Crippen LogP contribution >= 0.6 is 0 Å². The Labute approximate surface area is 115 Å². The van der Waals surface area contributed by atoms with E-state index in [2.05, 4.69) is 66.5 Å². The summed E-state index contributed by atoms with van der Waals surface area (Å²) in [5.74, 6) is 0. The maximum atomic E-state index is 3.57. The van der Waals surface area contributed by atoms with Crippen molar-refractivity contribution in [2.75, 3.05) is 19.6 Å². The first kappa shape index (κ1) is 12.6. The van der Waals surface area contributed by atoms with Gasteiger partial charge >= 0.3 is 0 Å². The van der Waals surface area contributed by atoms with Crippen molar-refractivity contribution in [3.05, 3.63) is 48.0 Å². The largest absolute Gasteiger partial charge is 0.309 e. The van der Waals surface area contributed by atoms with E-state index in [1.807, 2.05) is 0 Å². The van der Waals surface area contributed by atoms with Gasteiger partial charge in [-0.15, -0.1) is 0 Å². The first-order valence-corrected chi connectivity index (χ1v) is 7.08. The molecule has 1 N–H and O–H groups in total. The van der Waals surface area contributed by atoms with Crippen LogP contribution in [0.1, 0.15) is 19.4 Å². The second kappa shape index (κ2) is 4.95. The molecule has 0 spiro atoms. The van der Waals surface area contributed by atoms with E-state index in [1.54, 1.807) is 0 Å². The lowest BCUT2D eigenvalue weighted by molar-refractivity contribution is 0.149. The average molecular weight is 254 g/mol. The third-order valence-corrected chi connectivity index (χ3v) is 3.92. The third kappa shape index (κ3) is 2.80. The fourth-order valence-corrected chi connectivity index (χ4v) is 3.05. The molecule has 2 nitrogen and oxygen atoms in total. The molecule has 1 fully saturated rings. The summed E-state index contributed by atoms with van der Waals surface area (Å²) < 4.78 is 0. The van der Waals surface area contributed by atoms with Gasteiger partial charge in [0, 0.05) is 31.7 Å². The molecule has 19 heavy (non-hydrogen) atoms. The van der Waals surface area contributed by atoms with Crippen molar-refractivity contribution in [2.45, 2.75) is 25.9 Å². The number of hydrogen-bond donors (Lipinski definition) is 1. The number of hydrogen-bond acceptors (Lipinski definition) is 2. The third-order valence-electron chi connectivity index (χ3n) is 3.92. The van der Waals surface area contributed by atoms with E-state index in [1.165, 1.54) is 16.3 Å². The molecule has 2 heteroatoms. The summed E-state index contributed by atoms with van der Waals surface area (Å²) in [6.07, 6.45) is 0. The van der Waals surface area contributed by atoms with E-state index in [-0.39, 0.29) is 5.54 Å². The number of benzene rings is 2. The minimum absolute atomic E-state index is 0.225. The van der Waals surface area contributed by atoms with Crippen LogP contribution < -0.4 is 5.32 Å². The Bertz CT molecular complexity index is 569. The minimum Gasteiger partial charge on any atom is -0.309 e. The Morgan fingerprint density at radius 2 is 1.89 bits per heavy atom. The summed E-state index contributed by atoms with van der Waals surface area (Å²) in [5, 5.41) is 6.30. The highest BCUT2D eigenvalue weighted by Gasteiger charge is 2.25. The van der Waals surface area contributed by atoms with Crippen molar-refractivity contribution >= 4 is 10.8 Å². The smallest absolute Gasteiger partial charge is 0.0252 e. The van der Waals surface area contributed by atoms with Gasteiger partial charge < -0.3 is 5.32 Å². The Morgan fingerprint density at radius 3 is 2.74 bits per heavy atom. The quantitative estimate of drug-likeness (QED) is 0.886. The first-order chi connectivity index (χ1) is 9.14. The van der Waals surface area contributed by atoms with Gasteiger partial charge in [0.05, 0.1) is 0 Å². The fourth-order valence-electron chi connectivity index (χ4n) is 3.05. The highest BCUT2D eigenvalue weighted by Crippen LogP contribution is 2.21. The van der Waals surface area contributed by atoms with Crippen molar-refractivity contribution in [1.82, 2.24) is 10.2 Å². The molecule has 1 heterocycles. The van der Waals surface area contributed by atoms with Gasteiger partial charge in [0.2, 0.25) is 0 Å². The minimum atomic E-state index is 0.225. The summed E-state index contributed by atoms with van der Waals surface area (Å²) >= 11 is 0. The predicted octanol–water partition coefficient (Wildman–Crippen LogP) is 3.02. The molecule has 0 atom stereocenters. The molecule has 100 valence electrons. The highest BCUT2D eigenvalue weighted by atomic mass is 15.2. The lowest BCUT2D eigenvalue weighted by Gasteiger charge is -2.39. The van der Waals surface area contributed by atoms with Crippen LogP contribution in [0.15, 0.2) is 42.5 Å². The molecule has 0 bridgehead atoms. The summed E-state index contributed by atoms with van der Waals surface area (Å²) in [7, 11) is 0. The zero-order chi connectivity index (χ0) is 13.3. The van der Waals surface area contributed by atoms with Gasteiger partial charge in [-0.1, -0.05) is 42.5 Å². The molecule has 0 aromatic heterocycles. The molecule has 1 saturated heterocycles. The van der Waals surface area contributed by atoms with Crippen LogP contribution in [0.4, 0.5) is 0 Å². The monoisotopic (exact) mass is 254 g/mol. The van der Waals surface area contributed by atoms with Crippen molar-refractivity contribution in [3.63, 3.8) is 0 Å². The number of piperazine rings is 1. The molecule has 1 aliphatic heterocycles. The molecule has 2 aromatic carbocycles. The second-order valence-corrected chi connectivity index (χ2v) is 6.16. The Hall–Kier alpha value is -1.38. The molecule has 0 radical (unpaired) electrons. The Morgan fingerprint density at radius 1 is 1.11 bits per heavy atom. The van der Waals surface area contributed by atoms with Crippen LogP contribution in [-0.2, 0) is 6.54 Å². The molecular formula is C17H22N2. The summed E-state index contributed by atoms with van der Waals surface area (Å²) in [6, 6.07) is 15.3. The second-order valence-electron chi connectivity index (χ2n) is 6.16. The van der Waals surface area contributed by atoms with E-state index < -0.39 is 0 Å². The fraction of sp³-hybridized carbons (Fsp3) is 0.412. The van der Waals surface area contributed by atoms with E-state index >= 15 is 0 Å². The highest BCUT2D eigenvalue weighted by molar-refractivity contribution is 5.85. The van der Waals surface area contributed by atoms with E-state index in [9.17, 15) is 0 Å². The Balaban J connectivity index is 1.85. The molecule has 1 aliphatic rings. The Kier molecular flexibility index (Phi) is 3.29.